The summed E-state index contributed by atoms with van der Waals surface area (Å²) in [6.07, 6.45) is 3.58. The van der Waals surface area contributed by atoms with Crippen LogP contribution in [0.2, 0.25) is 0 Å². The van der Waals surface area contributed by atoms with Crippen molar-refractivity contribution >= 4 is 43.6 Å². The molecule has 0 amide bonds. The van der Waals surface area contributed by atoms with Crippen molar-refractivity contribution in [3.63, 3.8) is 0 Å². The van der Waals surface area contributed by atoms with Crippen molar-refractivity contribution in [1.82, 2.24) is 19.9 Å². The number of benzene rings is 3. The Balaban J connectivity index is 1.61. The lowest BCUT2D eigenvalue weighted by molar-refractivity contribution is 1.29. The van der Waals surface area contributed by atoms with Gasteiger partial charge in [0.2, 0.25) is 0 Å². The number of fused-ring (bicyclic) bond motifs is 4. The molecule has 4 heteroatoms. The van der Waals surface area contributed by atoms with Crippen molar-refractivity contribution in [1.29, 1.82) is 0 Å². The zero-order chi connectivity index (χ0) is 22.5. The van der Waals surface area contributed by atoms with Crippen LogP contribution in [0.3, 0.4) is 0 Å². The van der Waals surface area contributed by atoms with Crippen molar-refractivity contribution in [3.05, 3.63) is 109 Å². The maximum atomic E-state index is 4.95. The van der Waals surface area contributed by atoms with E-state index in [1.165, 1.54) is 0 Å². The van der Waals surface area contributed by atoms with E-state index in [1.807, 2.05) is 24.3 Å². The Bertz CT molecular complexity index is 1680. The van der Waals surface area contributed by atoms with E-state index < -0.39 is 0 Å². The Morgan fingerprint density at radius 1 is 0.382 bits per heavy atom. The van der Waals surface area contributed by atoms with Crippen molar-refractivity contribution in [2.45, 2.75) is 0 Å². The van der Waals surface area contributed by atoms with Gasteiger partial charge in [-0.15, -0.1) is 0 Å². The second-order valence-corrected chi connectivity index (χ2v) is 8.33. The molecule has 0 aliphatic rings. The minimum atomic E-state index is 0.750. The average molecular weight is 435 g/mol. The molecule has 0 saturated carbocycles. The first-order valence-electron chi connectivity index (χ1n) is 11.2. The molecule has 7 rings (SSSR count). The molecule has 0 bridgehead atoms. The summed E-state index contributed by atoms with van der Waals surface area (Å²) in [6, 6.07) is 33.3. The molecule has 0 unspecified atom stereocenters. The van der Waals surface area contributed by atoms with Crippen LogP contribution >= 0.6 is 0 Å². The summed E-state index contributed by atoms with van der Waals surface area (Å²) >= 11 is 0. The minimum absolute atomic E-state index is 0.750. The van der Waals surface area contributed by atoms with Gasteiger partial charge in [-0.3, -0.25) is 0 Å². The molecular weight excluding hydrogens is 416 g/mol. The Kier molecular flexibility index (Phi) is 4.11. The van der Waals surface area contributed by atoms with E-state index in [1.54, 1.807) is 12.4 Å². The van der Waals surface area contributed by atoms with Gasteiger partial charge in [-0.1, -0.05) is 48.5 Å². The van der Waals surface area contributed by atoms with Gasteiger partial charge in [0.25, 0.3) is 0 Å². The second kappa shape index (κ2) is 7.42. The maximum absolute atomic E-state index is 4.95. The molecule has 0 N–H and O–H groups in total. The topological polar surface area (TPSA) is 51.6 Å². The fraction of sp³-hybridized carbons (Fsp3) is 0. The van der Waals surface area contributed by atoms with Gasteiger partial charge >= 0.3 is 0 Å². The van der Waals surface area contributed by atoms with Gasteiger partial charge in [-0.2, -0.15) is 0 Å². The van der Waals surface area contributed by atoms with Gasteiger partial charge in [0.1, 0.15) is 0 Å². The fourth-order valence-corrected chi connectivity index (χ4v) is 4.86. The zero-order valence-electron chi connectivity index (χ0n) is 18.2. The third kappa shape index (κ3) is 2.86. The normalized spacial score (nSPS) is 11.5. The quantitative estimate of drug-likeness (QED) is 0.270. The Labute approximate surface area is 195 Å². The zero-order valence-corrected chi connectivity index (χ0v) is 18.2. The van der Waals surface area contributed by atoms with E-state index in [2.05, 4.69) is 82.8 Å². The third-order valence-corrected chi connectivity index (χ3v) is 6.37. The molecule has 0 radical (unpaired) electrons. The molecule has 7 aromatic rings. The highest BCUT2D eigenvalue weighted by Crippen LogP contribution is 2.42. The summed E-state index contributed by atoms with van der Waals surface area (Å²) < 4.78 is 0. The summed E-state index contributed by atoms with van der Waals surface area (Å²) in [5.41, 5.74) is 5.55. The predicted molar refractivity (Wildman–Crippen MR) is 139 cm³/mol. The maximum Gasteiger partial charge on any atom is 0.159 e. The van der Waals surface area contributed by atoms with Crippen molar-refractivity contribution in [2.75, 3.05) is 0 Å². The van der Waals surface area contributed by atoms with E-state index in [4.69, 9.17) is 9.97 Å². The average Bonchev–Trinajstić information content (AvgIpc) is 2.91. The molecule has 0 fully saturated rings. The van der Waals surface area contributed by atoms with Crippen LogP contribution in [0.25, 0.3) is 66.1 Å². The van der Waals surface area contributed by atoms with Gasteiger partial charge in [0.15, 0.2) is 11.3 Å². The van der Waals surface area contributed by atoms with E-state index in [0.717, 1.165) is 66.1 Å². The molecule has 4 heterocycles. The molecule has 4 aromatic heterocycles. The number of hydrogen-bond acceptors (Lipinski definition) is 4. The van der Waals surface area contributed by atoms with Crippen LogP contribution in [-0.4, -0.2) is 19.9 Å². The lowest BCUT2D eigenvalue weighted by Crippen LogP contribution is -1.95. The first-order valence-corrected chi connectivity index (χ1v) is 11.2. The predicted octanol–water partition coefficient (Wildman–Crippen LogP) is 7.21. The monoisotopic (exact) mass is 434 g/mol. The number of rotatable bonds is 2. The Morgan fingerprint density at radius 3 is 1.21 bits per heavy atom. The number of nitrogens with zero attached hydrogens (tertiary/aromatic N) is 4. The highest BCUT2D eigenvalue weighted by atomic mass is 14.8. The standard InChI is InChI=1S/C30H18N4/c1-2-10-22-21(9-1)27(25-15-13-19-7-5-17-31-29(19)33-25)23-11-3-4-12-24(23)28(22)26-16-14-20-8-6-18-32-30(20)34-26/h1-18H. The van der Waals surface area contributed by atoms with Crippen LogP contribution in [0, 0.1) is 0 Å². The molecule has 158 valence electrons. The molecule has 0 saturated heterocycles. The van der Waals surface area contributed by atoms with Gasteiger partial charge in [-0.25, -0.2) is 19.9 Å². The van der Waals surface area contributed by atoms with Crippen LogP contribution in [-0.2, 0) is 0 Å². The lowest BCUT2D eigenvalue weighted by atomic mass is 9.88. The highest BCUT2D eigenvalue weighted by molar-refractivity contribution is 6.21. The highest BCUT2D eigenvalue weighted by Gasteiger charge is 2.18. The SMILES string of the molecule is c1cnc2nc(-c3c4ccccc4c(-c4ccc5cccnc5n4)c4ccccc34)ccc2c1. The van der Waals surface area contributed by atoms with E-state index >= 15 is 0 Å². The Morgan fingerprint density at radius 2 is 0.794 bits per heavy atom. The summed E-state index contributed by atoms with van der Waals surface area (Å²) in [7, 11) is 0. The van der Waals surface area contributed by atoms with Crippen LogP contribution in [0.1, 0.15) is 0 Å². The number of hydrogen-bond donors (Lipinski definition) is 0. The molecule has 3 aromatic carbocycles. The summed E-state index contributed by atoms with van der Waals surface area (Å²) in [6.45, 7) is 0. The van der Waals surface area contributed by atoms with Crippen LogP contribution < -0.4 is 0 Å². The molecular formula is C30H18N4. The van der Waals surface area contributed by atoms with Gasteiger partial charge < -0.3 is 0 Å². The fourth-order valence-electron chi connectivity index (χ4n) is 4.86. The summed E-state index contributed by atoms with van der Waals surface area (Å²) in [5, 5.41) is 6.63. The van der Waals surface area contributed by atoms with Crippen LogP contribution in [0.5, 0.6) is 0 Å². The van der Waals surface area contributed by atoms with E-state index in [-0.39, 0.29) is 0 Å². The molecule has 0 spiro atoms. The first-order chi connectivity index (χ1) is 16.9. The smallest absolute Gasteiger partial charge is 0.159 e. The number of aromatic nitrogens is 4. The Hall–Kier alpha value is -4.70. The number of pyridine rings is 4. The molecule has 0 aliphatic heterocycles. The largest absolute Gasteiger partial charge is 0.237 e. The first kappa shape index (κ1) is 18.8. The van der Waals surface area contributed by atoms with Crippen molar-refractivity contribution in [2.24, 2.45) is 0 Å². The molecule has 0 atom stereocenters. The van der Waals surface area contributed by atoms with Crippen LogP contribution in [0.4, 0.5) is 0 Å². The lowest BCUT2D eigenvalue weighted by Gasteiger charge is -2.17. The van der Waals surface area contributed by atoms with E-state index in [9.17, 15) is 0 Å². The van der Waals surface area contributed by atoms with E-state index in [0.29, 0.717) is 0 Å². The second-order valence-electron chi connectivity index (χ2n) is 8.33. The summed E-state index contributed by atoms with van der Waals surface area (Å²) in [4.78, 5) is 18.9. The van der Waals surface area contributed by atoms with Crippen LogP contribution in [0.15, 0.2) is 109 Å². The third-order valence-electron chi connectivity index (χ3n) is 6.37. The molecule has 34 heavy (non-hydrogen) atoms. The minimum Gasteiger partial charge on any atom is -0.237 e. The summed E-state index contributed by atoms with van der Waals surface area (Å²) in [5.74, 6) is 0. The van der Waals surface area contributed by atoms with Gasteiger partial charge in [0, 0.05) is 34.3 Å². The molecule has 0 aliphatic carbocycles. The van der Waals surface area contributed by atoms with Crippen molar-refractivity contribution < 1.29 is 0 Å². The van der Waals surface area contributed by atoms with Crippen molar-refractivity contribution in [3.8, 4) is 22.5 Å². The van der Waals surface area contributed by atoms with Gasteiger partial charge in [-0.05, 0) is 70.1 Å². The van der Waals surface area contributed by atoms with Gasteiger partial charge in [0.05, 0.1) is 11.4 Å². The molecule has 4 nitrogen and oxygen atoms in total.